The van der Waals surface area contributed by atoms with E-state index in [1.54, 1.807) is 0 Å². The van der Waals surface area contributed by atoms with Gasteiger partial charge in [0.1, 0.15) is 0 Å². The Morgan fingerprint density at radius 1 is 0.606 bits per heavy atom. The molecule has 0 aromatic rings. The summed E-state index contributed by atoms with van der Waals surface area (Å²) in [4.78, 5) is 11.8. The maximum absolute atomic E-state index is 11.8. The predicted octanol–water partition coefficient (Wildman–Crippen LogP) is 4.72. The van der Waals surface area contributed by atoms with E-state index in [1.165, 1.54) is 0 Å². The molecule has 0 saturated heterocycles. The normalized spacial score (nSPS) is 12.7. The van der Waals surface area contributed by atoms with Crippen molar-refractivity contribution in [2.45, 2.75) is 58.3 Å². The first-order chi connectivity index (χ1) is 16.3. The molecule has 0 atom stereocenters. The molecule has 0 fully saturated rings. The summed E-state index contributed by atoms with van der Waals surface area (Å²) in [6.45, 7) is 6.89. The third-order valence-electron chi connectivity index (χ3n) is 4.56. The highest BCUT2D eigenvalue weighted by Crippen LogP contribution is 1.97. The molecule has 0 rings (SSSR count). The molecular formula is C28H48N4O. The summed E-state index contributed by atoms with van der Waals surface area (Å²) in [6, 6.07) is 0. The second-order valence-electron chi connectivity index (χ2n) is 7.59. The van der Waals surface area contributed by atoms with Crippen molar-refractivity contribution in [3.63, 3.8) is 0 Å². The van der Waals surface area contributed by atoms with E-state index < -0.39 is 0 Å². The van der Waals surface area contributed by atoms with Gasteiger partial charge in [0.15, 0.2) is 0 Å². The van der Waals surface area contributed by atoms with Gasteiger partial charge in [-0.05, 0) is 44.9 Å². The molecule has 33 heavy (non-hydrogen) atoms. The van der Waals surface area contributed by atoms with Crippen molar-refractivity contribution in [2.75, 3.05) is 39.3 Å². The number of carbonyl (C=O) groups is 1. The van der Waals surface area contributed by atoms with Crippen LogP contribution >= 0.6 is 0 Å². The van der Waals surface area contributed by atoms with Crippen molar-refractivity contribution in [3.05, 3.63) is 72.9 Å². The molecule has 5 heteroatoms. The van der Waals surface area contributed by atoms with Crippen molar-refractivity contribution in [2.24, 2.45) is 5.73 Å². The van der Waals surface area contributed by atoms with Crippen LogP contribution in [0.5, 0.6) is 0 Å². The van der Waals surface area contributed by atoms with E-state index in [2.05, 4.69) is 95.8 Å². The minimum absolute atomic E-state index is 0.109. The number of allylic oxidation sites excluding steroid dienone is 12. The molecule has 0 spiro atoms. The van der Waals surface area contributed by atoms with Gasteiger partial charge in [-0.15, -0.1) is 0 Å². The van der Waals surface area contributed by atoms with Crippen molar-refractivity contribution in [1.82, 2.24) is 16.0 Å². The van der Waals surface area contributed by atoms with Gasteiger partial charge in [-0.25, -0.2) is 0 Å². The van der Waals surface area contributed by atoms with E-state index in [4.69, 9.17) is 5.73 Å². The molecule has 186 valence electrons. The lowest BCUT2D eigenvalue weighted by atomic mass is 10.2. The van der Waals surface area contributed by atoms with Gasteiger partial charge < -0.3 is 21.7 Å². The first-order valence-corrected chi connectivity index (χ1v) is 12.6. The van der Waals surface area contributed by atoms with Crippen molar-refractivity contribution < 1.29 is 4.79 Å². The zero-order valence-electron chi connectivity index (χ0n) is 20.8. The standard InChI is InChI=1S/C28H48N4O/c1-2-3-4-5-6-7-8-9-10-11-12-13-14-15-16-17-18-19-20-21-28(33)32-27-26-31-25-24-30-23-22-29/h3-4,6-7,9-10,12-13,15-16,18-19,30-31H,2,5,8,11,14,17,20-27,29H2,1H3,(H,32,33)/b4-3-,7-6-,10-9-,13-12-,16-15-,19-18-. The SMILES string of the molecule is CC/C=C\C/C=C\C/C=C\C/C=C\C/C=C\C/C=C\CCC(=O)NCCNCCNCCN. The van der Waals surface area contributed by atoms with E-state index in [1.807, 2.05) is 0 Å². The molecule has 0 saturated carbocycles. The first-order valence-electron chi connectivity index (χ1n) is 12.6. The summed E-state index contributed by atoms with van der Waals surface area (Å²) >= 11 is 0. The number of rotatable bonds is 22. The van der Waals surface area contributed by atoms with Crippen LogP contribution in [0.3, 0.4) is 0 Å². The van der Waals surface area contributed by atoms with Crippen LogP contribution in [-0.4, -0.2) is 45.2 Å². The zero-order valence-corrected chi connectivity index (χ0v) is 20.8. The highest BCUT2D eigenvalue weighted by atomic mass is 16.1. The van der Waals surface area contributed by atoms with E-state index in [0.717, 1.165) is 71.1 Å². The molecule has 0 aliphatic heterocycles. The van der Waals surface area contributed by atoms with Crippen LogP contribution in [0.15, 0.2) is 72.9 Å². The average Bonchev–Trinajstić information content (AvgIpc) is 2.82. The van der Waals surface area contributed by atoms with Gasteiger partial charge in [0.05, 0.1) is 0 Å². The molecule has 5 nitrogen and oxygen atoms in total. The summed E-state index contributed by atoms with van der Waals surface area (Å²) in [5.74, 6) is 0.109. The lowest BCUT2D eigenvalue weighted by Crippen LogP contribution is -2.35. The Labute approximate surface area is 203 Å². The number of hydrogen-bond donors (Lipinski definition) is 4. The lowest BCUT2D eigenvalue weighted by molar-refractivity contribution is -0.120. The monoisotopic (exact) mass is 456 g/mol. The summed E-state index contributed by atoms with van der Waals surface area (Å²) in [5, 5.41) is 9.43. The smallest absolute Gasteiger partial charge is 0.220 e. The van der Waals surface area contributed by atoms with Gasteiger partial charge in [-0.3, -0.25) is 4.79 Å². The van der Waals surface area contributed by atoms with Gasteiger partial charge in [0.2, 0.25) is 5.91 Å². The lowest BCUT2D eigenvalue weighted by Gasteiger charge is -2.07. The Morgan fingerprint density at radius 3 is 1.52 bits per heavy atom. The fourth-order valence-electron chi connectivity index (χ4n) is 2.76. The predicted molar refractivity (Wildman–Crippen MR) is 145 cm³/mol. The Hall–Kier alpha value is -2.21. The number of nitrogens with two attached hydrogens (primary N) is 1. The van der Waals surface area contributed by atoms with E-state index in [9.17, 15) is 4.79 Å². The number of amides is 1. The third-order valence-corrected chi connectivity index (χ3v) is 4.56. The van der Waals surface area contributed by atoms with Gasteiger partial charge in [-0.1, -0.05) is 79.8 Å². The Kier molecular flexibility index (Phi) is 26.0. The Balaban J connectivity index is 3.50. The minimum atomic E-state index is 0.109. The van der Waals surface area contributed by atoms with Crippen molar-refractivity contribution >= 4 is 5.91 Å². The first kappa shape index (κ1) is 30.8. The quantitative estimate of drug-likeness (QED) is 0.140. The van der Waals surface area contributed by atoms with Crippen molar-refractivity contribution in [3.8, 4) is 0 Å². The molecule has 0 bridgehead atoms. The zero-order chi connectivity index (χ0) is 24.1. The second-order valence-corrected chi connectivity index (χ2v) is 7.59. The van der Waals surface area contributed by atoms with Gasteiger partial charge in [-0.2, -0.15) is 0 Å². The van der Waals surface area contributed by atoms with Crippen LogP contribution in [0.2, 0.25) is 0 Å². The van der Waals surface area contributed by atoms with E-state index >= 15 is 0 Å². The fourth-order valence-corrected chi connectivity index (χ4v) is 2.76. The maximum atomic E-state index is 11.8. The summed E-state index contributed by atoms with van der Waals surface area (Å²) < 4.78 is 0. The number of carbonyl (C=O) groups excluding carboxylic acids is 1. The van der Waals surface area contributed by atoms with Gasteiger partial charge in [0, 0.05) is 45.7 Å². The molecule has 0 aliphatic rings. The summed E-state index contributed by atoms with van der Waals surface area (Å²) in [6.07, 6.45) is 33.6. The fraction of sp³-hybridized carbons (Fsp3) is 0.536. The van der Waals surface area contributed by atoms with Crippen LogP contribution in [-0.2, 0) is 4.79 Å². The number of hydrogen-bond acceptors (Lipinski definition) is 4. The molecule has 0 radical (unpaired) electrons. The second kappa shape index (κ2) is 27.8. The molecule has 0 unspecified atom stereocenters. The van der Waals surface area contributed by atoms with Crippen LogP contribution in [0.4, 0.5) is 0 Å². The topological polar surface area (TPSA) is 79.2 Å². The Morgan fingerprint density at radius 2 is 1.03 bits per heavy atom. The number of nitrogens with one attached hydrogen (secondary N) is 3. The molecular weight excluding hydrogens is 408 g/mol. The maximum Gasteiger partial charge on any atom is 0.220 e. The molecule has 0 heterocycles. The van der Waals surface area contributed by atoms with Gasteiger partial charge in [0.25, 0.3) is 0 Å². The Bertz CT molecular complexity index is 603. The van der Waals surface area contributed by atoms with Crippen molar-refractivity contribution in [1.29, 1.82) is 0 Å². The van der Waals surface area contributed by atoms with Crippen LogP contribution in [0.1, 0.15) is 58.3 Å². The third kappa shape index (κ3) is 27.8. The molecule has 1 amide bonds. The molecule has 0 aromatic carbocycles. The van der Waals surface area contributed by atoms with E-state index in [0.29, 0.717) is 19.5 Å². The molecule has 5 N–H and O–H groups in total. The van der Waals surface area contributed by atoms with Crippen LogP contribution in [0.25, 0.3) is 0 Å². The van der Waals surface area contributed by atoms with Gasteiger partial charge >= 0.3 is 0 Å². The summed E-state index contributed by atoms with van der Waals surface area (Å²) in [5.41, 5.74) is 5.40. The molecule has 0 aliphatic carbocycles. The molecule has 0 aromatic heterocycles. The van der Waals surface area contributed by atoms with Crippen LogP contribution in [0, 0.1) is 0 Å². The highest BCUT2D eigenvalue weighted by Gasteiger charge is 1.97. The van der Waals surface area contributed by atoms with E-state index in [-0.39, 0.29) is 5.91 Å². The largest absolute Gasteiger partial charge is 0.355 e. The van der Waals surface area contributed by atoms with Crippen LogP contribution < -0.4 is 21.7 Å². The highest BCUT2D eigenvalue weighted by molar-refractivity contribution is 5.75. The minimum Gasteiger partial charge on any atom is -0.355 e. The summed E-state index contributed by atoms with van der Waals surface area (Å²) in [7, 11) is 0. The average molecular weight is 457 g/mol.